The molecule has 0 bridgehead atoms. The van der Waals surface area contributed by atoms with Crippen molar-refractivity contribution in [3.63, 3.8) is 0 Å². The molecular formula is C47H50ClN3O4S2. The van der Waals surface area contributed by atoms with Gasteiger partial charge in [0.1, 0.15) is 17.9 Å². The van der Waals surface area contributed by atoms with Crippen LogP contribution in [-0.4, -0.2) is 47.6 Å². The number of alkyl halides is 1. The number of thiophene rings is 2. The van der Waals surface area contributed by atoms with Crippen molar-refractivity contribution in [2.24, 2.45) is 0 Å². The minimum Gasteiger partial charge on any atom is -0.396 e. The number of rotatable bonds is 13. The van der Waals surface area contributed by atoms with Crippen LogP contribution < -0.4 is 4.90 Å². The van der Waals surface area contributed by atoms with Gasteiger partial charge in [0.25, 0.3) is 11.8 Å². The van der Waals surface area contributed by atoms with Crippen LogP contribution in [0.1, 0.15) is 58.3 Å². The van der Waals surface area contributed by atoms with Gasteiger partial charge >= 0.3 is 0 Å². The number of imide groups is 1. The summed E-state index contributed by atoms with van der Waals surface area (Å²) in [6, 6.07) is 39.6. The number of allylic oxidation sites excluding steroid dienone is 1. The molecule has 10 heteroatoms. The first kappa shape index (κ1) is 46.0. The molecule has 0 unspecified atom stereocenters. The molecule has 3 heterocycles. The predicted molar refractivity (Wildman–Crippen MR) is 240 cm³/mol. The fourth-order valence-electron chi connectivity index (χ4n) is 5.77. The number of carbonyl (C=O) groups is 3. The van der Waals surface area contributed by atoms with Crippen LogP contribution >= 0.6 is 34.3 Å². The van der Waals surface area contributed by atoms with Gasteiger partial charge in [-0.1, -0.05) is 81.8 Å². The second kappa shape index (κ2) is 24.3. The van der Waals surface area contributed by atoms with Crippen LogP contribution in [0, 0.1) is 11.3 Å². The first-order valence-corrected chi connectivity index (χ1v) is 21.1. The van der Waals surface area contributed by atoms with Crippen molar-refractivity contribution in [3.8, 4) is 26.3 Å². The average molecular weight is 821 g/mol. The third-order valence-electron chi connectivity index (χ3n) is 8.52. The van der Waals surface area contributed by atoms with Gasteiger partial charge in [-0.15, -0.1) is 34.3 Å². The number of carbonyl (C=O) groups excluding carboxylic acids is 3. The van der Waals surface area contributed by atoms with E-state index in [1.807, 2.05) is 62.4 Å². The van der Waals surface area contributed by atoms with E-state index in [9.17, 15) is 19.6 Å². The lowest BCUT2D eigenvalue weighted by Gasteiger charge is -2.27. The summed E-state index contributed by atoms with van der Waals surface area (Å²) in [6.07, 6.45) is 6.93. The van der Waals surface area contributed by atoms with Crippen molar-refractivity contribution in [3.05, 3.63) is 143 Å². The molecule has 296 valence electrons. The van der Waals surface area contributed by atoms with E-state index >= 15 is 0 Å². The third-order valence-corrected chi connectivity index (χ3v) is 10.9. The third kappa shape index (κ3) is 12.6. The van der Waals surface area contributed by atoms with E-state index in [1.165, 1.54) is 11.3 Å². The highest BCUT2D eigenvalue weighted by molar-refractivity contribution is 7.24. The molecule has 1 aliphatic heterocycles. The molecule has 0 saturated heterocycles. The van der Waals surface area contributed by atoms with E-state index in [2.05, 4.69) is 89.8 Å². The van der Waals surface area contributed by atoms with Crippen LogP contribution in [-0.2, 0) is 14.4 Å². The van der Waals surface area contributed by atoms with E-state index in [4.69, 9.17) is 5.11 Å². The van der Waals surface area contributed by atoms with E-state index in [0.717, 1.165) is 61.3 Å². The van der Waals surface area contributed by atoms with Crippen LogP contribution in [0.15, 0.2) is 138 Å². The number of para-hydroxylation sites is 2. The first-order valence-electron chi connectivity index (χ1n) is 18.7. The fraction of sp³-hybridized carbons (Fsp3) is 0.234. The van der Waals surface area contributed by atoms with E-state index < -0.39 is 5.91 Å². The minimum atomic E-state index is -0.529. The average Bonchev–Trinajstić information content (AvgIpc) is 3.94. The fourth-order valence-corrected chi connectivity index (χ4v) is 7.83. The highest BCUT2D eigenvalue weighted by Gasteiger charge is 2.35. The van der Waals surface area contributed by atoms with Gasteiger partial charge < -0.3 is 10.0 Å². The largest absolute Gasteiger partial charge is 0.396 e. The molecule has 0 atom stereocenters. The number of unbranched alkanes of at least 4 members (excludes halogenated alkanes) is 3. The smallest absolute Gasteiger partial charge is 0.271 e. The van der Waals surface area contributed by atoms with Gasteiger partial charge in [0, 0.05) is 61.7 Å². The lowest BCUT2D eigenvalue weighted by Crippen LogP contribution is -2.43. The molecule has 0 aliphatic carbocycles. The maximum absolute atomic E-state index is 13.5. The lowest BCUT2D eigenvalue weighted by molar-refractivity contribution is -0.140. The molecule has 1 aliphatic rings. The van der Waals surface area contributed by atoms with Gasteiger partial charge in [-0.2, -0.15) is 5.26 Å². The van der Waals surface area contributed by atoms with Gasteiger partial charge in [0.05, 0.1) is 0 Å². The number of hydrogen-bond acceptors (Lipinski definition) is 8. The van der Waals surface area contributed by atoms with Crippen molar-refractivity contribution >= 4 is 75.5 Å². The van der Waals surface area contributed by atoms with Crippen LogP contribution in [0.2, 0.25) is 0 Å². The van der Waals surface area contributed by atoms with Crippen molar-refractivity contribution in [1.82, 2.24) is 4.90 Å². The Hall–Kier alpha value is -5.37. The zero-order chi connectivity index (χ0) is 41.7. The Morgan fingerprint density at radius 3 is 1.82 bits per heavy atom. The second-order valence-electron chi connectivity index (χ2n) is 12.5. The Labute approximate surface area is 350 Å². The summed E-state index contributed by atoms with van der Waals surface area (Å²) >= 11 is 7.93. The molecule has 0 saturated carbocycles. The number of aliphatic hydroxyl groups is 1. The van der Waals surface area contributed by atoms with Gasteiger partial charge in [-0.3, -0.25) is 19.3 Å². The normalized spacial score (nSPS) is 12.7. The molecule has 2 amide bonds. The Morgan fingerprint density at radius 2 is 1.28 bits per heavy atom. The molecule has 6 rings (SSSR count). The maximum atomic E-state index is 13.5. The van der Waals surface area contributed by atoms with E-state index in [-0.39, 0.29) is 24.6 Å². The van der Waals surface area contributed by atoms with Crippen molar-refractivity contribution < 1.29 is 19.5 Å². The minimum absolute atomic E-state index is 0.0116. The quantitative estimate of drug-likeness (QED) is 0.0417. The molecule has 5 aromatic rings. The van der Waals surface area contributed by atoms with Crippen LogP contribution in [0.25, 0.3) is 26.3 Å². The van der Waals surface area contributed by atoms with Gasteiger partial charge in [-0.25, -0.2) is 0 Å². The summed E-state index contributed by atoms with van der Waals surface area (Å²) in [7, 11) is 0. The summed E-state index contributed by atoms with van der Waals surface area (Å²) in [4.78, 5) is 43.5. The summed E-state index contributed by atoms with van der Waals surface area (Å²) in [5.41, 5.74) is 5.77. The second-order valence-corrected chi connectivity index (χ2v) is 14.7. The zero-order valence-corrected chi connectivity index (χ0v) is 35.6. The standard InChI is InChI=1S/C40H35N3O3S2.C4H6O.C2H6.CH3Cl/c1-28-34(39(45)42(40(46)35(28)27-41)24-10-2-3-11-25-44)26-33-20-21-37(47-33)38-23-22-36(48-38)29-16-18-32(19-17-29)43(30-12-6-4-7-13-30)31-14-8-5-9-15-31;1-4(2)3-5;2*1-2/h4-9,12-23,26,44H,2-3,10-11,24-25H2,1H3;3H,1H2,2H3;1-2H3;1H3/b34-26-;;;. The maximum Gasteiger partial charge on any atom is 0.271 e. The molecule has 7 nitrogen and oxygen atoms in total. The number of nitriles is 1. The summed E-state index contributed by atoms with van der Waals surface area (Å²) in [5.74, 6) is -0.897. The molecular weight excluding hydrogens is 770 g/mol. The summed E-state index contributed by atoms with van der Waals surface area (Å²) < 4.78 is 0. The van der Waals surface area contributed by atoms with Crippen molar-refractivity contribution in [2.45, 2.75) is 53.4 Å². The molecule has 0 fully saturated rings. The Bertz CT molecular complexity index is 2130. The van der Waals surface area contributed by atoms with E-state index in [0.29, 0.717) is 29.6 Å². The number of halogens is 1. The predicted octanol–water partition coefficient (Wildman–Crippen LogP) is 12.4. The summed E-state index contributed by atoms with van der Waals surface area (Å²) in [6.45, 7) is 11.0. The molecule has 2 aromatic heterocycles. The van der Waals surface area contributed by atoms with Crippen LogP contribution in [0.3, 0.4) is 0 Å². The number of hydrogen-bond donors (Lipinski definition) is 1. The monoisotopic (exact) mass is 819 g/mol. The lowest BCUT2D eigenvalue weighted by atomic mass is 9.94. The molecule has 1 N–H and O–H groups in total. The molecule has 3 aromatic carbocycles. The molecule has 0 spiro atoms. The van der Waals surface area contributed by atoms with Crippen LogP contribution in [0.5, 0.6) is 0 Å². The van der Waals surface area contributed by atoms with Crippen LogP contribution in [0.4, 0.5) is 17.1 Å². The van der Waals surface area contributed by atoms with Crippen molar-refractivity contribution in [2.75, 3.05) is 24.4 Å². The highest BCUT2D eigenvalue weighted by Crippen LogP contribution is 2.40. The zero-order valence-electron chi connectivity index (χ0n) is 33.2. The molecule has 0 radical (unpaired) electrons. The number of nitrogens with zero attached hydrogens (tertiary/aromatic N) is 3. The van der Waals surface area contributed by atoms with Gasteiger partial charge in [0.2, 0.25) is 0 Å². The Morgan fingerprint density at radius 1 is 0.772 bits per heavy atom. The summed E-state index contributed by atoms with van der Waals surface area (Å²) in [5, 5.41) is 18.8. The number of anilines is 3. The van der Waals surface area contributed by atoms with Gasteiger partial charge in [0.15, 0.2) is 0 Å². The first-order chi connectivity index (χ1) is 27.7. The number of aldehydes is 1. The molecule has 57 heavy (non-hydrogen) atoms. The topological polar surface area (TPSA) is 102 Å². The van der Waals surface area contributed by atoms with Crippen molar-refractivity contribution in [1.29, 1.82) is 5.26 Å². The van der Waals surface area contributed by atoms with E-state index in [1.54, 1.807) is 42.6 Å². The Kier molecular flexibility index (Phi) is 19.6. The SMILES string of the molecule is C=C(C)C=O.CC.CC1=C(C#N)C(=O)N(CCCCCCO)C(=O)/C1=C\c1ccc(-c2ccc(-c3ccc(N(c4ccccc4)c4ccccc4)cc3)s2)s1.CCl. The number of aliphatic hydroxyl groups excluding tert-OH is 1. The van der Waals surface area contributed by atoms with Gasteiger partial charge in [-0.05, 0) is 110 Å². The number of benzene rings is 3. The Balaban J connectivity index is 0.000000885. The highest BCUT2D eigenvalue weighted by atomic mass is 35.5. The number of amides is 2.